The lowest BCUT2D eigenvalue weighted by Crippen LogP contribution is -2.33. The molecule has 0 bridgehead atoms. The van der Waals surface area contributed by atoms with Gasteiger partial charge in [-0.25, -0.2) is 23.5 Å². The van der Waals surface area contributed by atoms with E-state index in [1.165, 1.54) is 12.1 Å². The van der Waals surface area contributed by atoms with Crippen LogP contribution in [0.4, 0.5) is 5.69 Å². The Balaban J connectivity index is 1.85. The van der Waals surface area contributed by atoms with Crippen LogP contribution in [0.3, 0.4) is 0 Å². The predicted molar refractivity (Wildman–Crippen MR) is 113 cm³/mol. The van der Waals surface area contributed by atoms with Crippen molar-refractivity contribution < 1.29 is 27.1 Å². The number of nitrogens with zero attached hydrogens (tertiary/aromatic N) is 2. The first-order valence-corrected chi connectivity index (χ1v) is 12.6. The molecule has 1 unspecified atom stereocenters. The Morgan fingerprint density at radius 1 is 1.20 bits per heavy atom. The van der Waals surface area contributed by atoms with Crippen LogP contribution in [-0.2, 0) is 19.2 Å². The standard InChI is InChI=1S/C17H18N3O7PS2/c1-2-19(30(24,25)17-11-13-5-3-4-6-16(13)29-17)12-28(23,27-18)26-15-9-7-14(8-10-15)20(21)22/h3-11H,2,12,18H2,1H3. The zero-order chi connectivity index (χ0) is 21.9. The number of thiophene rings is 1. The van der Waals surface area contributed by atoms with E-state index in [9.17, 15) is 23.1 Å². The molecule has 0 saturated heterocycles. The van der Waals surface area contributed by atoms with E-state index in [0.29, 0.717) is 0 Å². The zero-order valence-electron chi connectivity index (χ0n) is 15.7. The molecular weight excluding hydrogens is 453 g/mol. The number of rotatable bonds is 9. The molecule has 160 valence electrons. The van der Waals surface area contributed by atoms with E-state index in [1.807, 2.05) is 0 Å². The molecule has 0 radical (unpaired) electrons. The Morgan fingerprint density at radius 2 is 1.87 bits per heavy atom. The van der Waals surface area contributed by atoms with Crippen LogP contribution in [0.5, 0.6) is 5.75 Å². The van der Waals surface area contributed by atoms with Crippen LogP contribution in [0.1, 0.15) is 6.92 Å². The third-order valence-electron chi connectivity index (χ3n) is 4.13. The third kappa shape index (κ3) is 4.69. The average Bonchev–Trinajstić information content (AvgIpc) is 3.17. The molecule has 3 aromatic rings. The second kappa shape index (κ2) is 8.80. The lowest BCUT2D eigenvalue weighted by atomic mass is 10.3. The summed E-state index contributed by atoms with van der Waals surface area (Å²) in [6, 6.07) is 13.5. The van der Waals surface area contributed by atoms with Gasteiger partial charge in [0, 0.05) is 23.4 Å². The van der Waals surface area contributed by atoms with Gasteiger partial charge in [0.1, 0.15) is 16.2 Å². The van der Waals surface area contributed by atoms with Gasteiger partial charge in [-0.15, -0.1) is 11.3 Å². The summed E-state index contributed by atoms with van der Waals surface area (Å²) >= 11 is 1.09. The van der Waals surface area contributed by atoms with Crippen LogP contribution in [0.2, 0.25) is 0 Å². The minimum Gasteiger partial charge on any atom is -0.423 e. The van der Waals surface area contributed by atoms with Gasteiger partial charge in [0.05, 0.1) is 4.92 Å². The van der Waals surface area contributed by atoms with Crippen molar-refractivity contribution in [2.75, 3.05) is 12.8 Å². The van der Waals surface area contributed by atoms with Gasteiger partial charge >= 0.3 is 7.60 Å². The van der Waals surface area contributed by atoms with Crippen LogP contribution >= 0.6 is 18.9 Å². The van der Waals surface area contributed by atoms with E-state index in [2.05, 4.69) is 4.62 Å². The predicted octanol–water partition coefficient (Wildman–Crippen LogP) is 3.94. The quantitative estimate of drug-likeness (QED) is 0.281. The van der Waals surface area contributed by atoms with Crippen molar-refractivity contribution in [1.82, 2.24) is 4.31 Å². The van der Waals surface area contributed by atoms with E-state index < -0.39 is 28.8 Å². The van der Waals surface area contributed by atoms with Crippen LogP contribution in [0.15, 0.2) is 58.8 Å². The second-order valence-corrected chi connectivity index (χ2v) is 11.2. The summed E-state index contributed by atoms with van der Waals surface area (Å²) in [5.74, 6) is 5.15. The van der Waals surface area contributed by atoms with Crippen molar-refractivity contribution in [2.24, 2.45) is 5.90 Å². The number of non-ortho nitro benzene ring substituents is 1. The molecule has 1 heterocycles. The minimum atomic E-state index is -4.13. The first-order chi connectivity index (χ1) is 14.2. The molecule has 0 saturated carbocycles. The van der Waals surface area contributed by atoms with Crippen molar-refractivity contribution in [3.8, 4) is 5.75 Å². The number of nitro groups is 1. The number of hydrogen-bond donors (Lipinski definition) is 1. The molecule has 0 aliphatic heterocycles. The molecule has 0 aliphatic rings. The lowest BCUT2D eigenvalue weighted by molar-refractivity contribution is -0.384. The number of benzene rings is 2. The Bertz CT molecular complexity index is 1180. The number of fused-ring (bicyclic) bond motifs is 1. The van der Waals surface area contributed by atoms with Gasteiger partial charge in [-0.1, -0.05) is 25.1 Å². The van der Waals surface area contributed by atoms with Crippen LogP contribution < -0.4 is 10.4 Å². The van der Waals surface area contributed by atoms with Crippen molar-refractivity contribution in [1.29, 1.82) is 0 Å². The molecule has 1 aromatic heterocycles. The number of nitro benzene ring substituents is 1. The third-order valence-corrected chi connectivity index (χ3v) is 9.31. The van der Waals surface area contributed by atoms with Crippen molar-refractivity contribution in [3.63, 3.8) is 0 Å². The maximum Gasteiger partial charge on any atom is 0.410 e. The number of nitrogens with two attached hydrogens (primary N) is 1. The van der Waals surface area contributed by atoms with Gasteiger partial charge in [-0.05, 0) is 29.7 Å². The maximum atomic E-state index is 13.1. The summed E-state index contributed by atoms with van der Waals surface area (Å²) in [4.78, 5) is 10.1. The molecule has 0 spiro atoms. The largest absolute Gasteiger partial charge is 0.423 e. The molecule has 0 amide bonds. The lowest BCUT2D eigenvalue weighted by Gasteiger charge is -2.24. The maximum absolute atomic E-state index is 13.1. The summed E-state index contributed by atoms with van der Waals surface area (Å²) < 4.78 is 50.8. The zero-order valence-corrected chi connectivity index (χ0v) is 18.2. The highest BCUT2D eigenvalue weighted by molar-refractivity contribution is 7.91. The Kier molecular flexibility index (Phi) is 6.56. The van der Waals surface area contributed by atoms with E-state index in [4.69, 9.17) is 10.4 Å². The van der Waals surface area contributed by atoms with Gasteiger partial charge in [0.2, 0.25) is 0 Å². The van der Waals surface area contributed by atoms with Crippen molar-refractivity contribution in [3.05, 3.63) is 64.7 Å². The van der Waals surface area contributed by atoms with E-state index >= 15 is 0 Å². The smallest absolute Gasteiger partial charge is 0.410 e. The summed E-state index contributed by atoms with van der Waals surface area (Å²) in [6.07, 6.45) is -0.631. The number of hydrogen-bond acceptors (Lipinski definition) is 9. The van der Waals surface area contributed by atoms with E-state index in [1.54, 1.807) is 37.3 Å². The first-order valence-electron chi connectivity index (χ1n) is 8.59. The topological polar surface area (TPSA) is 142 Å². The molecule has 0 fully saturated rings. The van der Waals surface area contributed by atoms with Gasteiger partial charge < -0.3 is 4.52 Å². The fraction of sp³-hybridized carbons (Fsp3) is 0.176. The molecule has 10 nitrogen and oxygen atoms in total. The molecular formula is C17H18N3O7PS2. The molecule has 30 heavy (non-hydrogen) atoms. The van der Waals surface area contributed by atoms with E-state index in [0.717, 1.165) is 37.9 Å². The first kappa shape index (κ1) is 22.3. The van der Waals surface area contributed by atoms with Gasteiger partial charge in [0.15, 0.2) is 0 Å². The number of sulfonamides is 1. The van der Waals surface area contributed by atoms with E-state index in [-0.39, 0.29) is 22.2 Å². The highest BCUT2D eigenvalue weighted by Crippen LogP contribution is 2.48. The van der Waals surface area contributed by atoms with Gasteiger partial charge in [-0.2, -0.15) is 4.31 Å². The fourth-order valence-corrected chi connectivity index (χ4v) is 7.52. The second-order valence-electron chi connectivity index (χ2n) is 6.08. The minimum absolute atomic E-state index is 0.00640. The summed E-state index contributed by atoms with van der Waals surface area (Å²) in [5, 5.41) is 11.5. The highest BCUT2D eigenvalue weighted by atomic mass is 32.2. The Labute approximate surface area is 176 Å². The SMILES string of the molecule is CCN(CP(=O)(ON)Oc1ccc([N+](=O)[O-])cc1)S(=O)(=O)c1cc2ccccc2s1. The molecule has 13 heteroatoms. The summed E-state index contributed by atoms with van der Waals surface area (Å²) in [5.41, 5.74) is -0.187. The fourth-order valence-electron chi connectivity index (χ4n) is 2.62. The van der Waals surface area contributed by atoms with Crippen LogP contribution in [0.25, 0.3) is 10.1 Å². The van der Waals surface area contributed by atoms with Crippen molar-refractivity contribution >= 4 is 44.7 Å². The van der Waals surface area contributed by atoms with Gasteiger partial charge in [0.25, 0.3) is 15.7 Å². The molecule has 0 aliphatic carbocycles. The van der Waals surface area contributed by atoms with Crippen molar-refractivity contribution in [2.45, 2.75) is 11.1 Å². The molecule has 3 rings (SSSR count). The summed E-state index contributed by atoms with van der Waals surface area (Å²) in [6.45, 7) is 1.57. The average molecular weight is 471 g/mol. The normalized spacial score (nSPS) is 14.0. The molecule has 2 aromatic carbocycles. The molecule has 2 N–H and O–H groups in total. The Morgan fingerprint density at radius 3 is 2.43 bits per heavy atom. The van der Waals surface area contributed by atoms with Crippen LogP contribution in [-0.4, -0.2) is 30.5 Å². The summed E-state index contributed by atoms with van der Waals surface area (Å²) in [7, 11) is -8.12. The van der Waals surface area contributed by atoms with Crippen LogP contribution in [0, 0.1) is 10.1 Å². The highest BCUT2D eigenvalue weighted by Gasteiger charge is 2.36. The Hall–Kier alpha value is -2.34. The van der Waals surface area contributed by atoms with Gasteiger partial charge in [-0.3, -0.25) is 10.1 Å². The monoisotopic (exact) mass is 471 g/mol. The molecule has 1 atom stereocenters.